The summed E-state index contributed by atoms with van der Waals surface area (Å²) in [5, 5.41) is 17.6. The Labute approximate surface area is 128 Å². The van der Waals surface area contributed by atoms with Gasteiger partial charge in [0.15, 0.2) is 0 Å². The third-order valence-electron chi connectivity index (χ3n) is 2.74. The van der Waals surface area contributed by atoms with Crippen LogP contribution in [0.25, 0.3) is 0 Å². The fourth-order valence-corrected chi connectivity index (χ4v) is 4.86. The van der Waals surface area contributed by atoms with E-state index in [1.165, 1.54) is 10.4 Å². The maximum atomic E-state index is 12.7. The molecule has 1 rings (SSSR count). The van der Waals surface area contributed by atoms with Crippen LogP contribution in [-0.2, 0) is 10.0 Å². The van der Waals surface area contributed by atoms with Crippen molar-refractivity contribution in [1.82, 2.24) is 4.31 Å². The average Bonchev–Trinajstić information content (AvgIpc) is 2.77. The molecular formula is C13H18N2O4S2. The Balaban J connectivity index is 3.22. The largest absolute Gasteiger partial charge is 0.477 e. The van der Waals surface area contributed by atoms with Crippen LogP contribution in [0.1, 0.15) is 34.8 Å². The molecule has 0 amide bonds. The molecular weight excluding hydrogens is 312 g/mol. The first-order valence-electron chi connectivity index (χ1n) is 6.41. The lowest BCUT2D eigenvalue weighted by Gasteiger charge is -2.22. The number of nitrogens with zero attached hydrogens (tertiary/aromatic N) is 2. The van der Waals surface area contributed by atoms with Gasteiger partial charge >= 0.3 is 5.97 Å². The second kappa shape index (κ2) is 7.02. The molecule has 0 saturated heterocycles. The Morgan fingerprint density at radius 2 is 2.14 bits per heavy atom. The normalized spacial score (nSPS) is 11.8. The van der Waals surface area contributed by atoms with Gasteiger partial charge in [0.05, 0.1) is 11.0 Å². The van der Waals surface area contributed by atoms with Crippen molar-refractivity contribution in [3.05, 3.63) is 15.8 Å². The summed E-state index contributed by atoms with van der Waals surface area (Å²) in [6.45, 7) is 5.76. The van der Waals surface area contributed by atoms with Gasteiger partial charge in [0.2, 0.25) is 10.0 Å². The van der Waals surface area contributed by atoms with Gasteiger partial charge in [-0.1, -0.05) is 13.8 Å². The molecule has 0 aromatic carbocycles. The SMILES string of the molecule is Cc1sc(C(=O)O)cc1S(=O)(=O)N(CCC#N)CC(C)C. The van der Waals surface area contributed by atoms with E-state index in [2.05, 4.69) is 0 Å². The predicted molar refractivity (Wildman–Crippen MR) is 79.8 cm³/mol. The van der Waals surface area contributed by atoms with E-state index in [1.54, 1.807) is 6.92 Å². The zero-order valence-corrected chi connectivity index (χ0v) is 13.8. The molecule has 0 aliphatic heterocycles. The van der Waals surface area contributed by atoms with Crippen molar-refractivity contribution in [2.75, 3.05) is 13.1 Å². The van der Waals surface area contributed by atoms with Crippen molar-refractivity contribution in [3.63, 3.8) is 0 Å². The number of thiophene rings is 1. The van der Waals surface area contributed by atoms with Crippen LogP contribution in [-0.4, -0.2) is 36.9 Å². The smallest absolute Gasteiger partial charge is 0.345 e. The molecule has 8 heteroatoms. The third kappa shape index (κ3) is 4.27. The van der Waals surface area contributed by atoms with Gasteiger partial charge in [0.25, 0.3) is 0 Å². The highest BCUT2D eigenvalue weighted by atomic mass is 32.2. The molecule has 1 aromatic rings. The number of rotatable bonds is 7. The van der Waals surface area contributed by atoms with E-state index in [9.17, 15) is 13.2 Å². The van der Waals surface area contributed by atoms with Crippen LogP contribution in [0.3, 0.4) is 0 Å². The summed E-state index contributed by atoms with van der Waals surface area (Å²) in [6.07, 6.45) is 0.0981. The Morgan fingerprint density at radius 1 is 1.52 bits per heavy atom. The van der Waals surface area contributed by atoms with Crippen molar-refractivity contribution in [3.8, 4) is 6.07 Å². The van der Waals surface area contributed by atoms with E-state index < -0.39 is 16.0 Å². The molecule has 116 valence electrons. The standard InChI is InChI=1S/C13H18N2O4S2/c1-9(2)8-15(6-4-5-14)21(18,19)12-7-11(13(16)17)20-10(12)3/h7,9H,4,6,8H2,1-3H3,(H,16,17). The van der Waals surface area contributed by atoms with Gasteiger partial charge < -0.3 is 5.11 Å². The molecule has 0 spiro atoms. The van der Waals surface area contributed by atoms with E-state index >= 15 is 0 Å². The number of nitriles is 1. The monoisotopic (exact) mass is 330 g/mol. The van der Waals surface area contributed by atoms with Gasteiger partial charge in [-0.3, -0.25) is 0 Å². The predicted octanol–water partition coefficient (Wildman–Crippen LogP) is 2.32. The Morgan fingerprint density at radius 3 is 2.57 bits per heavy atom. The molecule has 0 aliphatic carbocycles. The van der Waals surface area contributed by atoms with Gasteiger partial charge in [0, 0.05) is 24.4 Å². The zero-order chi connectivity index (χ0) is 16.2. The maximum absolute atomic E-state index is 12.7. The van der Waals surface area contributed by atoms with Crippen LogP contribution in [0.2, 0.25) is 0 Å². The van der Waals surface area contributed by atoms with Crippen LogP contribution in [0.5, 0.6) is 0 Å². The number of carboxylic acid groups (broad SMARTS) is 1. The molecule has 1 N–H and O–H groups in total. The molecule has 21 heavy (non-hydrogen) atoms. The van der Waals surface area contributed by atoms with Crippen molar-refractivity contribution in [1.29, 1.82) is 5.26 Å². The summed E-state index contributed by atoms with van der Waals surface area (Å²) in [5.41, 5.74) is 0. The summed E-state index contributed by atoms with van der Waals surface area (Å²) in [7, 11) is -3.78. The number of carbonyl (C=O) groups is 1. The quantitative estimate of drug-likeness (QED) is 0.827. The minimum absolute atomic E-state index is 0.00384. The molecule has 6 nitrogen and oxygen atoms in total. The van der Waals surface area contributed by atoms with Gasteiger partial charge in [0.1, 0.15) is 4.88 Å². The Kier molecular flexibility index (Phi) is 5.89. The fourth-order valence-electron chi connectivity index (χ4n) is 1.86. The van der Waals surface area contributed by atoms with Gasteiger partial charge in [-0.25, -0.2) is 13.2 Å². The van der Waals surface area contributed by atoms with E-state index in [-0.39, 0.29) is 28.7 Å². The lowest BCUT2D eigenvalue weighted by atomic mass is 10.2. The van der Waals surface area contributed by atoms with Gasteiger partial charge in [-0.05, 0) is 18.9 Å². The molecule has 0 saturated carbocycles. The van der Waals surface area contributed by atoms with Crippen molar-refractivity contribution in [2.24, 2.45) is 5.92 Å². The summed E-state index contributed by atoms with van der Waals surface area (Å²) in [6, 6.07) is 3.13. The number of hydrogen-bond donors (Lipinski definition) is 1. The molecule has 0 atom stereocenters. The first kappa shape index (κ1) is 17.6. The van der Waals surface area contributed by atoms with E-state index in [4.69, 9.17) is 10.4 Å². The van der Waals surface area contributed by atoms with E-state index in [0.29, 0.717) is 11.4 Å². The average molecular weight is 330 g/mol. The summed E-state index contributed by atoms with van der Waals surface area (Å²) >= 11 is 0.939. The lowest BCUT2D eigenvalue weighted by molar-refractivity contribution is 0.0702. The molecule has 0 fully saturated rings. The van der Waals surface area contributed by atoms with Crippen molar-refractivity contribution >= 4 is 27.3 Å². The zero-order valence-electron chi connectivity index (χ0n) is 12.2. The van der Waals surface area contributed by atoms with Gasteiger partial charge in [-0.15, -0.1) is 11.3 Å². The second-order valence-corrected chi connectivity index (χ2v) is 8.16. The topological polar surface area (TPSA) is 98.5 Å². The number of carboxylic acids is 1. The maximum Gasteiger partial charge on any atom is 0.345 e. The summed E-state index contributed by atoms with van der Waals surface area (Å²) in [5.74, 6) is -1.03. The summed E-state index contributed by atoms with van der Waals surface area (Å²) in [4.78, 5) is 11.4. The molecule has 0 bridgehead atoms. The number of aryl methyl sites for hydroxylation is 1. The van der Waals surface area contributed by atoms with Crippen molar-refractivity contribution in [2.45, 2.75) is 32.1 Å². The number of aromatic carboxylic acids is 1. The van der Waals surface area contributed by atoms with Crippen LogP contribution in [0.15, 0.2) is 11.0 Å². The van der Waals surface area contributed by atoms with Crippen LogP contribution in [0, 0.1) is 24.2 Å². The van der Waals surface area contributed by atoms with Crippen molar-refractivity contribution < 1.29 is 18.3 Å². The minimum Gasteiger partial charge on any atom is -0.477 e. The van der Waals surface area contributed by atoms with Crippen LogP contribution in [0.4, 0.5) is 0 Å². The van der Waals surface area contributed by atoms with Crippen LogP contribution < -0.4 is 0 Å². The Hall–Kier alpha value is -1.43. The third-order valence-corrected chi connectivity index (χ3v) is 5.90. The minimum atomic E-state index is -3.78. The molecule has 0 aliphatic rings. The highest BCUT2D eigenvalue weighted by molar-refractivity contribution is 7.89. The second-order valence-electron chi connectivity index (χ2n) is 5.00. The first-order valence-corrected chi connectivity index (χ1v) is 8.66. The van der Waals surface area contributed by atoms with E-state index in [1.807, 2.05) is 19.9 Å². The first-order chi connectivity index (χ1) is 9.70. The molecule has 1 heterocycles. The fraction of sp³-hybridized carbons (Fsp3) is 0.538. The Bertz CT molecular complexity index is 656. The van der Waals surface area contributed by atoms with Gasteiger partial charge in [-0.2, -0.15) is 9.57 Å². The molecule has 0 radical (unpaired) electrons. The van der Waals surface area contributed by atoms with E-state index in [0.717, 1.165) is 11.3 Å². The highest BCUT2D eigenvalue weighted by Crippen LogP contribution is 2.28. The number of hydrogen-bond acceptors (Lipinski definition) is 5. The molecule has 0 unspecified atom stereocenters. The molecule has 1 aromatic heterocycles. The highest BCUT2D eigenvalue weighted by Gasteiger charge is 2.29. The number of sulfonamides is 1. The summed E-state index contributed by atoms with van der Waals surface area (Å²) < 4.78 is 26.6. The lowest BCUT2D eigenvalue weighted by Crippen LogP contribution is -2.35. The van der Waals surface area contributed by atoms with Crippen LogP contribution >= 0.6 is 11.3 Å².